The highest BCUT2D eigenvalue weighted by Crippen LogP contribution is 2.25. The van der Waals surface area contributed by atoms with Crippen LogP contribution in [0.4, 0.5) is 5.13 Å². The minimum absolute atomic E-state index is 0.818. The van der Waals surface area contributed by atoms with Gasteiger partial charge in [0, 0.05) is 14.7 Å². The lowest BCUT2D eigenvalue weighted by Crippen LogP contribution is -1.96. The van der Waals surface area contributed by atoms with Crippen LogP contribution in [0.15, 0.2) is 25.9 Å². The second-order valence-electron chi connectivity index (χ2n) is 2.52. The van der Waals surface area contributed by atoms with Crippen LogP contribution in [-0.4, -0.2) is 4.98 Å². The molecule has 0 aliphatic carbocycles. The summed E-state index contributed by atoms with van der Waals surface area (Å²) in [5.41, 5.74) is 0. The monoisotopic (exact) mass is 352 g/mol. The number of thiazole rings is 1. The van der Waals surface area contributed by atoms with Crippen LogP contribution in [0, 0.1) is 0 Å². The summed E-state index contributed by atoms with van der Waals surface area (Å²) in [7, 11) is 0. The van der Waals surface area contributed by atoms with E-state index >= 15 is 0 Å². The standard InChI is InChI=1S/C8H6Br2N2S2/c9-5-1-2-13-6(5)3-11-8-12-7(10)4-14-8/h1-2,4H,3H2,(H,11,12). The number of rotatable bonds is 3. The third kappa shape index (κ3) is 2.56. The Morgan fingerprint density at radius 1 is 1.36 bits per heavy atom. The minimum Gasteiger partial charge on any atom is -0.357 e. The zero-order valence-corrected chi connectivity index (χ0v) is 11.8. The minimum atomic E-state index is 0.818. The van der Waals surface area contributed by atoms with Gasteiger partial charge in [-0.15, -0.1) is 22.7 Å². The molecular weight excluding hydrogens is 348 g/mol. The maximum absolute atomic E-state index is 4.25. The van der Waals surface area contributed by atoms with Gasteiger partial charge in [0.2, 0.25) is 0 Å². The second kappa shape index (κ2) is 4.74. The van der Waals surface area contributed by atoms with Crippen molar-refractivity contribution in [2.45, 2.75) is 6.54 Å². The molecule has 0 unspecified atom stereocenters. The summed E-state index contributed by atoms with van der Waals surface area (Å²) in [6, 6.07) is 2.06. The third-order valence-electron chi connectivity index (χ3n) is 1.57. The summed E-state index contributed by atoms with van der Waals surface area (Å²) < 4.78 is 2.04. The molecule has 0 radical (unpaired) electrons. The molecule has 2 nitrogen and oxygen atoms in total. The van der Waals surface area contributed by atoms with Crippen LogP contribution < -0.4 is 5.32 Å². The fourth-order valence-electron chi connectivity index (χ4n) is 0.942. The number of hydrogen-bond acceptors (Lipinski definition) is 4. The largest absolute Gasteiger partial charge is 0.357 e. The fraction of sp³-hybridized carbons (Fsp3) is 0.125. The first-order chi connectivity index (χ1) is 6.75. The fourth-order valence-corrected chi connectivity index (χ4v) is 3.52. The van der Waals surface area contributed by atoms with Crippen LogP contribution >= 0.6 is 54.5 Å². The molecule has 0 bridgehead atoms. The molecule has 0 saturated heterocycles. The van der Waals surface area contributed by atoms with E-state index in [4.69, 9.17) is 0 Å². The highest BCUT2D eigenvalue weighted by Gasteiger charge is 2.02. The molecule has 0 aromatic carbocycles. The summed E-state index contributed by atoms with van der Waals surface area (Å²) in [6.07, 6.45) is 0. The van der Waals surface area contributed by atoms with Crippen molar-refractivity contribution in [2.24, 2.45) is 0 Å². The Hall–Kier alpha value is 0.0900. The van der Waals surface area contributed by atoms with E-state index in [-0.39, 0.29) is 0 Å². The van der Waals surface area contributed by atoms with Gasteiger partial charge in [0.1, 0.15) is 4.60 Å². The van der Waals surface area contributed by atoms with Crippen LogP contribution in [0.3, 0.4) is 0 Å². The van der Waals surface area contributed by atoms with E-state index in [0.29, 0.717) is 0 Å². The van der Waals surface area contributed by atoms with Crippen LogP contribution in [0.2, 0.25) is 0 Å². The van der Waals surface area contributed by atoms with Gasteiger partial charge in [-0.2, -0.15) is 0 Å². The average Bonchev–Trinajstić information content (AvgIpc) is 2.72. The van der Waals surface area contributed by atoms with E-state index in [2.05, 4.69) is 53.6 Å². The van der Waals surface area contributed by atoms with Crippen LogP contribution in [0.1, 0.15) is 4.88 Å². The summed E-state index contributed by atoms with van der Waals surface area (Å²) in [5, 5.41) is 8.24. The molecule has 1 N–H and O–H groups in total. The molecule has 2 aromatic heterocycles. The molecule has 0 atom stereocenters. The lowest BCUT2D eigenvalue weighted by Gasteiger charge is -1.99. The quantitative estimate of drug-likeness (QED) is 0.887. The van der Waals surface area contributed by atoms with Gasteiger partial charge in [-0.25, -0.2) is 4.98 Å². The predicted octanol–water partition coefficient (Wildman–Crippen LogP) is 4.34. The summed E-state index contributed by atoms with van der Waals surface area (Å²) in [5.74, 6) is 0. The number of thiophene rings is 1. The van der Waals surface area contributed by atoms with Crippen molar-refractivity contribution in [1.82, 2.24) is 4.98 Å². The Morgan fingerprint density at radius 2 is 2.21 bits per heavy atom. The SMILES string of the molecule is Brc1csc(NCc2sccc2Br)n1. The van der Waals surface area contributed by atoms with E-state index in [1.54, 1.807) is 22.7 Å². The highest BCUT2D eigenvalue weighted by atomic mass is 79.9. The Balaban J connectivity index is 1.98. The van der Waals surface area contributed by atoms with E-state index < -0.39 is 0 Å². The van der Waals surface area contributed by atoms with Crippen molar-refractivity contribution >= 4 is 59.7 Å². The Labute approximate surface area is 107 Å². The zero-order valence-electron chi connectivity index (χ0n) is 6.96. The van der Waals surface area contributed by atoms with Crippen molar-refractivity contribution in [3.63, 3.8) is 0 Å². The predicted molar refractivity (Wildman–Crippen MR) is 69.2 cm³/mol. The van der Waals surface area contributed by atoms with Gasteiger partial charge in [-0.1, -0.05) is 0 Å². The number of nitrogens with one attached hydrogen (secondary N) is 1. The second-order valence-corrected chi connectivity index (χ2v) is 6.05. The van der Waals surface area contributed by atoms with Crippen LogP contribution in [0.5, 0.6) is 0 Å². The maximum atomic E-state index is 4.25. The zero-order chi connectivity index (χ0) is 9.97. The van der Waals surface area contributed by atoms with Crippen LogP contribution in [-0.2, 0) is 6.54 Å². The van der Waals surface area contributed by atoms with E-state index in [0.717, 1.165) is 20.8 Å². The number of anilines is 1. The topological polar surface area (TPSA) is 24.9 Å². The molecule has 0 amide bonds. The van der Waals surface area contributed by atoms with E-state index in [1.807, 2.05) is 5.38 Å². The first-order valence-electron chi connectivity index (χ1n) is 3.82. The Bertz CT molecular complexity index is 424. The van der Waals surface area contributed by atoms with Gasteiger partial charge in [0.25, 0.3) is 0 Å². The molecule has 0 saturated carbocycles. The summed E-state index contributed by atoms with van der Waals surface area (Å²) in [4.78, 5) is 5.54. The van der Waals surface area contributed by atoms with Gasteiger partial charge in [0.05, 0.1) is 6.54 Å². The van der Waals surface area contributed by atoms with Crippen LogP contribution in [0.25, 0.3) is 0 Å². The molecule has 2 aromatic rings. The molecule has 74 valence electrons. The van der Waals surface area contributed by atoms with Crippen molar-refractivity contribution in [3.05, 3.63) is 30.8 Å². The van der Waals surface area contributed by atoms with Gasteiger partial charge in [-0.3, -0.25) is 0 Å². The van der Waals surface area contributed by atoms with Gasteiger partial charge in [0.15, 0.2) is 5.13 Å². The number of hydrogen-bond donors (Lipinski definition) is 1. The van der Waals surface area contributed by atoms with Crippen molar-refractivity contribution in [2.75, 3.05) is 5.32 Å². The smallest absolute Gasteiger partial charge is 0.184 e. The van der Waals surface area contributed by atoms with Gasteiger partial charge >= 0.3 is 0 Å². The normalized spacial score (nSPS) is 10.4. The molecule has 2 heterocycles. The van der Waals surface area contributed by atoms with E-state index in [9.17, 15) is 0 Å². The Kier molecular flexibility index (Phi) is 3.59. The first-order valence-corrected chi connectivity index (χ1v) is 7.17. The third-order valence-corrected chi connectivity index (χ3v) is 5.00. The first kappa shape index (κ1) is 10.6. The lowest BCUT2D eigenvalue weighted by molar-refractivity contribution is 1.16. The maximum Gasteiger partial charge on any atom is 0.184 e. The van der Waals surface area contributed by atoms with Crippen molar-refractivity contribution < 1.29 is 0 Å². The summed E-state index contributed by atoms with van der Waals surface area (Å²) in [6.45, 7) is 0.818. The molecule has 0 aliphatic rings. The lowest BCUT2D eigenvalue weighted by atomic mass is 10.5. The highest BCUT2D eigenvalue weighted by molar-refractivity contribution is 9.10. The molecule has 0 spiro atoms. The molecule has 14 heavy (non-hydrogen) atoms. The number of nitrogens with zero attached hydrogens (tertiary/aromatic N) is 1. The molecule has 0 fully saturated rings. The Morgan fingerprint density at radius 3 is 2.79 bits per heavy atom. The molecular formula is C8H6Br2N2S2. The number of aromatic nitrogens is 1. The summed E-state index contributed by atoms with van der Waals surface area (Å²) >= 11 is 10.1. The van der Waals surface area contributed by atoms with Crippen molar-refractivity contribution in [1.29, 1.82) is 0 Å². The molecule has 2 rings (SSSR count). The van der Waals surface area contributed by atoms with Crippen molar-refractivity contribution in [3.8, 4) is 0 Å². The molecule has 0 aliphatic heterocycles. The van der Waals surface area contributed by atoms with E-state index in [1.165, 1.54) is 4.88 Å². The van der Waals surface area contributed by atoms with Gasteiger partial charge < -0.3 is 5.32 Å². The molecule has 6 heteroatoms. The number of halogens is 2. The average molecular weight is 354 g/mol. The van der Waals surface area contributed by atoms with Gasteiger partial charge in [-0.05, 0) is 43.3 Å².